The number of aromatic nitrogens is 2. The number of piperidine rings is 1. The molecule has 0 bridgehead atoms. The van der Waals surface area contributed by atoms with Crippen molar-refractivity contribution in [2.45, 2.75) is 25.8 Å². The Morgan fingerprint density at radius 2 is 2.14 bits per heavy atom. The molecule has 2 heterocycles. The van der Waals surface area contributed by atoms with Gasteiger partial charge in [0.25, 0.3) is 5.91 Å². The molecule has 1 aliphatic rings. The van der Waals surface area contributed by atoms with Crippen molar-refractivity contribution in [1.82, 2.24) is 14.7 Å². The lowest BCUT2D eigenvalue weighted by Crippen LogP contribution is -2.38. The number of nitrogens with zero attached hydrogens (tertiary/aromatic N) is 3. The minimum absolute atomic E-state index is 0.0590. The van der Waals surface area contributed by atoms with E-state index in [2.05, 4.69) is 17.0 Å². The van der Waals surface area contributed by atoms with E-state index in [0.29, 0.717) is 25.4 Å². The maximum Gasteiger partial charge on any atom is 0.259 e. The Bertz CT molecular complexity index is 872. The SMILES string of the molecule is C=CC(=O)N1CCC(n2cc(NC(=O)c3ccc(F)cc3OCC)cn2)CC1. The molecule has 1 N–H and O–H groups in total. The second kappa shape index (κ2) is 8.69. The Balaban J connectivity index is 1.64. The first-order chi connectivity index (χ1) is 13.5. The first kappa shape index (κ1) is 19.6. The molecule has 1 fully saturated rings. The third-order valence-electron chi connectivity index (χ3n) is 4.67. The van der Waals surface area contributed by atoms with Gasteiger partial charge in [-0.2, -0.15) is 5.10 Å². The lowest BCUT2D eigenvalue weighted by Gasteiger charge is -2.31. The summed E-state index contributed by atoms with van der Waals surface area (Å²) in [6, 6.07) is 3.97. The van der Waals surface area contributed by atoms with Crippen LogP contribution in [-0.2, 0) is 4.79 Å². The van der Waals surface area contributed by atoms with Gasteiger partial charge < -0.3 is 15.0 Å². The van der Waals surface area contributed by atoms with Crippen LogP contribution in [-0.4, -0.2) is 46.2 Å². The van der Waals surface area contributed by atoms with E-state index < -0.39 is 11.7 Å². The number of rotatable bonds is 6. The maximum atomic E-state index is 13.4. The van der Waals surface area contributed by atoms with Crippen LogP contribution in [0.1, 0.15) is 36.2 Å². The van der Waals surface area contributed by atoms with E-state index in [1.54, 1.807) is 28.9 Å². The van der Waals surface area contributed by atoms with Crippen molar-refractivity contribution in [3.05, 3.63) is 54.6 Å². The van der Waals surface area contributed by atoms with Gasteiger partial charge in [-0.05, 0) is 38.0 Å². The molecule has 0 aliphatic carbocycles. The van der Waals surface area contributed by atoms with E-state index in [-0.39, 0.29) is 23.3 Å². The lowest BCUT2D eigenvalue weighted by atomic mass is 10.1. The van der Waals surface area contributed by atoms with Crippen molar-refractivity contribution in [3.63, 3.8) is 0 Å². The van der Waals surface area contributed by atoms with Gasteiger partial charge in [0.15, 0.2) is 0 Å². The number of hydrogen-bond acceptors (Lipinski definition) is 4. The van der Waals surface area contributed by atoms with Crippen molar-refractivity contribution < 1.29 is 18.7 Å². The molecule has 2 amide bonds. The Kier molecular flexibility index (Phi) is 6.08. The van der Waals surface area contributed by atoms with Gasteiger partial charge >= 0.3 is 0 Å². The third kappa shape index (κ3) is 4.39. The number of carbonyl (C=O) groups is 2. The fourth-order valence-electron chi connectivity index (χ4n) is 3.24. The summed E-state index contributed by atoms with van der Waals surface area (Å²) in [6.45, 7) is 6.90. The van der Waals surface area contributed by atoms with Gasteiger partial charge in [0.2, 0.25) is 5.91 Å². The van der Waals surface area contributed by atoms with E-state index in [4.69, 9.17) is 4.74 Å². The van der Waals surface area contributed by atoms with Crippen LogP contribution in [0.25, 0.3) is 0 Å². The predicted molar refractivity (Wildman–Crippen MR) is 103 cm³/mol. The Morgan fingerprint density at radius 1 is 1.39 bits per heavy atom. The number of ether oxygens (including phenoxy) is 1. The van der Waals surface area contributed by atoms with E-state index in [0.717, 1.165) is 12.8 Å². The minimum atomic E-state index is -0.464. The average molecular weight is 386 g/mol. The van der Waals surface area contributed by atoms with Crippen molar-refractivity contribution in [2.75, 3.05) is 25.0 Å². The predicted octanol–water partition coefficient (Wildman–Crippen LogP) is 3.02. The highest BCUT2D eigenvalue weighted by Gasteiger charge is 2.23. The molecular weight excluding hydrogens is 363 g/mol. The fraction of sp³-hybridized carbons (Fsp3) is 0.350. The van der Waals surface area contributed by atoms with Crippen molar-refractivity contribution in [1.29, 1.82) is 0 Å². The van der Waals surface area contributed by atoms with E-state index >= 15 is 0 Å². The molecule has 1 saturated heterocycles. The highest BCUT2D eigenvalue weighted by atomic mass is 19.1. The summed E-state index contributed by atoms with van der Waals surface area (Å²) in [5, 5.41) is 7.11. The minimum Gasteiger partial charge on any atom is -0.493 e. The van der Waals surface area contributed by atoms with E-state index in [1.807, 2.05) is 0 Å². The van der Waals surface area contributed by atoms with Gasteiger partial charge in [0.05, 0.1) is 30.1 Å². The topological polar surface area (TPSA) is 76.5 Å². The van der Waals surface area contributed by atoms with Crippen LogP contribution in [0.5, 0.6) is 5.75 Å². The Labute approximate surface area is 162 Å². The highest BCUT2D eigenvalue weighted by Crippen LogP contribution is 2.25. The number of likely N-dealkylation sites (tertiary alicyclic amines) is 1. The van der Waals surface area contributed by atoms with Crippen LogP contribution < -0.4 is 10.1 Å². The molecule has 0 radical (unpaired) electrons. The summed E-state index contributed by atoms with van der Waals surface area (Å²) in [6.07, 6.45) is 6.22. The highest BCUT2D eigenvalue weighted by molar-refractivity contribution is 6.06. The van der Waals surface area contributed by atoms with Gasteiger partial charge in [-0.1, -0.05) is 6.58 Å². The molecular formula is C20H23FN4O3. The summed E-state index contributed by atoms with van der Waals surface area (Å²) in [4.78, 5) is 26.0. The number of amides is 2. The Morgan fingerprint density at radius 3 is 2.82 bits per heavy atom. The van der Waals surface area contributed by atoms with Gasteiger partial charge in [0.1, 0.15) is 11.6 Å². The standard InChI is InChI=1S/C20H23FN4O3/c1-3-19(26)24-9-7-16(8-10-24)25-13-15(12-22-25)23-20(27)17-6-5-14(21)11-18(17)28-4-2/h3,5-6,11-13,16H,1,4,7-10H2,2H3,(H,23,27). The van der Waals surface area contributed by atoms with Crippen LogP contribution in [0.3, 0.4) is 0 Å². The number of halogens is 1. The summed E-state index contributed by atoms with van der Waals surface area (Å²) < 4.78 is 20.6. The number of nitrogens with one attached hydrogen (secondary N) is 1. The van der Waals surface area contributed by atoms with Crippen LogP contribution in [0.4, 0.5) is 10.1 Å². The molecule has 1 aromatic carbocycles. The van der Waals surface area contributed by atoms with Crippen LogP contribution in [0.15, 0.2) is 43.2 Å². The summed E-state index contributed by atoms with van der Waals surface area (Å²) in [5.41, 5.74) is 0.800. The summed E-state index contributed by atoms with van der Waals surface area (Å²) in [5.74, 6) is -0.716. The largest absolute Gasteiger partial charge is 0.493 e. The smallest absolute Gasteiger partial charge is 0.259 e. The second-order valence-corrected chi connectivity index (χ2v) is 6.50. The van der Waals surface area contributed by atoms with Crippen LogP contribution >= 0.6 is 0 Å². The maximum absolute atomic E-state index is 13.4. The molecule has 28 heavy (non-hydrogen) atoms. The molecule has 0 spiro atoms. The first-order valence-corrected chi connectivity index (χ1v) is 9.21. The van der Waals surface area contributed by atoms with Gasteiger partial charge in [-0.15, -0.1) is 0 Å². The zero-order valence-electron chi connectivity index (χ0n) is 15.7. The lowest BCUT2D eigenvalue weighted by molar-refractivity contribution is -0.127. The number of hydrogen-bond donors (Lipinski definition) is 1. The number of anilines is 1. The number of carbonyl (C=O) groups excluding carboxylic acids is 2. The molecule has 8 heteroatoms. The quantitative estimate of drug-likeness (QED) is 0.775. The first-order valence-electron chi connectivity index (χ1n) is 9.21. The van der Waals surface area contributed by atoms with Crippen molar-refractivity contribution >= 4 is 17.5 Å². The molecule has 7 nitrogen and oxygen atoms in total. The normalized spacial score (nSPS) is 14.6. The average Bonchev–Trinajstić information content (AvgIpc) is 3.16. The fourth-order valence-corrected chi connectivity index (χ4v) is 3.24. The molecule has 3 rings (SSSR count). The molecule has 0 unspecified atom stereocenters. The molecule has 0 atom stereocenters. The van der Waals surface area contributed by atoms with Crippen LogP contribution in [0, 0.1) is 5.82 Å². The molecule has 2 aromatic rings. The van der Waals surface area contributed by atoms with Gasteiger partial charge in [0, 0.05) is 25.4 Å². The van der Waals surface area contributed by atoms with Gasteiger partial charge in [-0.25, -0.2) is 4.39 Å². The van der Waals surface area contributed by atoms with Gasteiger partial charge in [-0.3, -0.25) is 14.3 Å². The van der Waals surface area contributed by atoms with E-state index in [1.165, 1.54) is 24.3 Å². The Hall–Kier alpha value is -3.16. The zero-order valence-corrected chi connectivity index (χ0v) is 15.7. The summed E-state index contributed by atoms with van der Waals surface area (Å²) in [7, 11) is 0. The molecule has 1 aromatic heterocycles. The number of benzene rings is 1. The van der Waals surface area contributed by atoms with Crippen molar-refractivity contribution in [2.24, 2.45) is 0 Å². The third-order valence-corrected chi connectivity index (χ3v) is 4.67. The molecule has 148 valence electrons. The molecule has 1 aliphatic heterocycles. The second-order valence-electron chi connectivity index (χ2n) is 6.50. The summed E-state index contributed by atoms with van der Waals surface area (Å²) >= 11 is 0. The van der Waals surface area contributed by atoms with Crippen molar-refractivity contribution in [3.8, 4) is 5.75 Å². The molecule has 0 saturated carbocycles. The zero-order chi connectivity index (χ0) is 20.1. The van der Waals surface area contributed by atoms with E-state index in [9.17, 15) is 14.0 Å². The monoisotopic (exact) mass is 386 g/mol. The van der Waals surface area contributed by atoms with Crippen LogP contribution in [0.2, 0.25) is 0 Å².